The summed E-state index contributed by atoms with van der Waals surface area (Å²) < 4.78 is 39.5. The Morgan fingerprint density at radius 3 is 2.67 bits per heavy atom. The van der Waals surface area contributed by atoms with Crippen molar-refractivity contribution in [3.63, 3.8) is 0 Å². The summed E-state index contributed by atoms with van der Waals surface area (Å²) in [6.45, 7) is 0. The largest absolute Gasteiger partial charge is 0.525 e. The number of ether oxygens (including phenoxy) is 1. The maximum Gasteiger partial charge on any atom is 0.525 e. The Labute approximate surface area is 84.1 Å². The van der Waals surface area contributed by atoms with Gasteiger partial charge in [-0.25, -0.2) is 0 Å². The summed E-state index contributed by atoms with van der Waals surface area (Å²) >= 11 is 0. The highest BCUT2D eigenvalue weighted by atomic mass is 19.4. The molecule has 3 nitrogen and oxygen atoms in total. The summed E-state index contributed by atoms with van der Waals surface area (Å²) in [5.41, 5.74) is 0. The molecule has 0 spiro atoms. The average molecular weight is 219 g/mol. The maximum absolute atomic E-state index is 12.0. The fourth-order valence-corrected chi connectivity index (χ4v) is 1.26. The van der Waals surface area contributed by atoms with Gasteiger partial charge in [0.2, 0.25) is 5.79 Å². The topological polar surface area (TPSA) is 53.2 Å². The molecule has 15 heavy (non-hydrogen) atoms. The van der Waals surface area contributed by atoms with Crippen LogP contribution in [0.4, 0.5) is 13.2 Å². The van der Waals surface area contributed by atoms with Crippen molar-refractivity contribution in [1.82, 2.24) is 0 Å². The highest BCUT2D eigenvalue weighted by molar-refractivity contribution is 5.19. The first-order valence-corrected chi connectivity index (χ1v) is 4.09. The van der Waals surface area contributed by atoms with E-state index in [-0.39, 0.29) is 6.42 Å². The van der Waals surface area contributed by atoms with Gasteiger partial charge in [-0.3, -0.25) is 4.74 Å². The van der Waals surface area contributed by atoms with Gasteiger partial charge >= 0.3 is 6.36 Å². The molecule has 1 rings (SSSR count). The maximum atomic E-state index is 12.0. The van der Waals surface area contributed by atoms with E-state index in [1.807, 2.05) is 0 Å². The van der Waals surface area contributed by atoms with Gasteiger partial charge in [-0.2, -0.15) is 5.26 Å². The van der Waals surface area contributed by atoms with Crippen molar-refractivity contribution in [3.8, 4) is 6.07 Å². The van der Waals surface area contributed by atoms with Crippen molar-refractivity contribution in [1.29, 1.82) is 5.26 Å². The smallest absolute Gasteiger partial charge is 0.361 e. The quantitative estimate of drug-likeness (QED) is 0.721. The van der Waals surface area contributed by atoms with Crippen LogP contribution in [-0.4, -0.2) is 17.3 Å². The molecular weight excluding hydrogens is 211 g/mol. The molecule has 1 aliphatic rings. The molecule has 0 amide bonds. The number of allylic oxidation sites excluding steroid dienone is 2. The van der Waals surface area contributed by atoms with Crippen LogP contribution < -0.4 is 0 Å². The van der Waals surface area contributed by atoms with Crippen LogP contribution in [0.3, 0.4) is 0 Å². The lowest BCUT2D eigenvalue weighted by Gasteiger charge is -2.32. The Kier molecular flexibility index (Phi) is 3.17. The monoisotopic (exact) mass is 219 g/mol. The predicted molar refractivity (Wildman–Crippen MR) is 44.1 cm³/mol. The summed E-state index contributed by atoms with van der Waals surface area (Å²) in [5, 5.41) is 18.0. The summed E-state index contributed by atoms with van der Waals surface area (Å²) in [7, 11) is 0. The number of nitriles is 1. The van der Waals surface area contributed by atoms with Crippen LogP contribution in [0.5, 0.6) is 0 Å². The lowest BCUT2D eigenvalue weighted by Crippen LogP contribution is -2.43. The highest BCUT2D eigenvalue weighted by Crippen LogP contribution is 2.34. The molecule has 1 N–H and O–H groups in total. The van der Waals surface area contributed by atoms with Crippen LogP contribution in [0, 0.1) is 17.2 Å². The SMILES string of the molecule is N#CCC1C=CC=CC1(O)OC(F)(F)F. The first-order chi connectivity index (χ1) is 6.87. The summed E-state index contributed by atoms with van der Waals surface area (Å²) in [5.74, 6) is -3.50. The van der Waals surface area contributed by atoms with Crippen molar-refractivity contribution in [2.45, 2.75) is 18.6 Å². The second-order valence-electron chi connectivity index (χ2n) is 3.01. The molecular formula is C9H8F3NO2. The second kappa shape index (κ2) is 4.04. The van der Waals surface area contributed by atoms with Gasteiger partial charge in [-0.15, -0.1) is 13.2 Å². The van der Waals surface area contributed by atoms with Crippen LogP contribution >= 0.6 is 0 Å². The van der Waals surface area contributed by atoms with Gasteiger partial charge in [-0.1, -0.05) is 18.2 Å². The van der Waals surface area contributed by atoms with Crippen LogP contribution in [0.2, 0.25) is 0 Å². The van der Waals surface area contributed by atoms with Gasteiger partial charge in [0.05, 0.1) is 6.07 Å². The Morgan fingerprint density at radius 2 is 2.13 bits per heavy atom. The van der Waals surface area contributed by atoms with E-state index in [1.165, 1.54) is 18.2 Å². The molecule has 2 unspecified atom stereocenters. The molecule has 0 aliphatic heterocycles. The minimum absolute atomic E-state index is 0.257. The summed E-state index contributed by atoms with van der Waals surface area (Å²) in [4.78, 5) is 0. The van der Waals surface area contributed by atoms with E-state index in [2.05, 4.69) is 4.74 Å². The Hall–Kier alpha value is -1.32. The molecule has 0 aromatic carbocycles. The number of aliphatic hydroxyl groups is 1. The zero-order chi connectivity index (χ0) is 11.5. The molecule has 0 fully saturated rings. The van der Waals surface area contributed by atoms with Crippen LogP contribution in [0.25, 0.3) is 0 Å². The number of hydrogen-bond acceptors (Lipinski definition) is 3. The second-order valence-corrected chi connectivity index (χ2v) is 3.01. The van der Waals surface area contributed by atoms with Crippen molar-refractivity contribution < 1.29 is 23.0 Å². The molecule has 0 heterocycles. The number of alkyl halides is 3. The molecule has 2 atom stereocenters. The zero-order valence-electron chi connectivity index (χ0n) is 7.53. The van der Waals surface area contributed by atoms with Gasteiger partial charge in [0.1, 0.15) is 0 Å². The Balaban J connectivity index is 2.84. The lowest BCUT2D eigenvalue weighted by molar-refractivity contribution is -0.403. The molecule has 6 heteroatoms. The van der Waals surface area contributed by atoms with Crippen molar-refractivity contribution >= 4 is 0 Å². The third kappa shape index (κ3) is 3.08. The fourth-order valence-electron chi connectivity index (χ4n) is 1.26. The summed E-state index contributed by atoms with van der Waals surface area (Å²) in [6.07, 6.45) is -0.335. The standard InChI is InChI=1S/C9H8F3NO2/c10-9(11,12)15-8(14)5-2-1-3-7(8)4-6-13/h1-3,5,7,14H,4H2. The van der Waals surface area contributed by atoms with E-state index < -0.39 is 18.1 Å². The van der Waals surface area contributed by atoms with Crippen molar-refractivity contribution in [2.75, 3.05) is 0 Å². The van der Waals surface area contributed by atoms with Crippen LogP contribution in [0.1, 0.15) is 6.42 Å². The van der Waals surface area contributed by atoms with Gasteiger partial charge in [-0.05, 0) is 6.08 Å². The molecule has 0 aromatic heterocycles. The molecule has 1 aliphatic carbocycles. The van der Waals surface area contributed by atoms with Gasteiger partial charge in [0, 0.05) is 12.3 Å². The van der Waals surface area contributed by atoms with E-state index in [9.17, 15) is 18.3 Å². The average Bonchev–Trinajstić information content (AvgIpc) is 2.06. The Morgan fingerprint density at radius 1 is 1.47 bits per heavy atom. The third-order valence-corrected chi connectivity index (χ3v) is 1.91. The Bertz CT molecular complexity index is 329. The molecule has 0 bridgehead atoms. The van der Waals surface area contributed by atoms with E-state index >= 15 is 0 Å². The normalized spacial score (nSPS) is 30.2. The molecule has 82 valence electrons. The van der Waals surface area contributed by atoms with E-state index in [0.29, 0.717) is 0 Å². The first-order valence-electron chi connectivity index (χ1n) is 4.09. The van der Waals surface area contributed by atoms with Crippen molar-refractivity contribution in [2.24, 2.45) is 5.92 Å². The van der Waals surface area contributed by atoms with E-state index in [1.54, 1.807) is 6.07 Å². The van der Waals surface area contributed by atoms with Gasteiger partial charge in [0.25, 0.3) is 0 Å². The number of nitrogens with zero attached hydrogens (tertiary/aromatic N) is 1. The number of hydrogen-bond donors (Lipinski definition) is 1. The van der Waals surface area contributed by atoms with Crippen LogP contribution in [-0.2, 0) is 4.74 Å². The molecule has 0 aromatic rings. The number of halogens is 3. The zero-order valence-corrected chi connectivity index (χ0v) is 7.53. The first kappa shape index (κ1) is 11.8. The third-order valence-electron chi connectivity index (χ3n) is 1.91. The molecule has 0 radical (unpaired) electrons. The summed E-state index contributed by atoms with van der Waals surface area (Å²) in [6, 6.07) is 1.69. The number of rotatable bonds is 2. The van der Waals surface area contributed by atoms with Gasteiger partial charge < -0.3 is 5.11 Å². The minimum atomic E-state index is -4.95. The van der Waals surface area contributed by atoms with Crippen LogP contribution in [0.15, 0.2) is 24.3 Å². The molecule has 0 saturated carbocycles. The van der Waals surface area contributed by atoms with Crippen molar-refractivity contribution in [3.05, 3.63) is 24.3 Å². The van der Waals surface area contributed by atoms with E-state index in [0.717, 1.165) is 6.08 Å². The fraction of sp³-hybridized carbons (Fsp3) is 0.444. The van der Waals surface area contributed by atoms with E-state index in [4.69, 9.17) is 5.26 Å². The lowest BCUT2D eigenvalue weighted by atomic mass is 9.91. The molecule has 0 saturated heterocycles. The predicted octanol–water partition coefficient (Wildman–Crippen LogP) is 1.87. The van der Waals surface area contributed by atoms with Gasteiger partial charge in [0.15, 0.2) is 0 Å². The minimum Gasteiger partial charge on any atom is -0.361 e. The highest BCUT2D eigenvalue weighted by Gasteiger charge is 2.45.